The van der Waals surface area contributed by atoms with Gasteiger partial charge in [0.25, 0.3) is 5.91 Å². The van der Waals surface area contributed by atoms with E-state index in [9.17, 15) is 14.7 Å². The number of phenols is 1. The van der Waals surface area contributed by atoms with Gasteiger partial charge < -0.3 is 10.4 Å². The predicted molar refractivity (Wildman–Crippen MR) is 97.7 cm³/mol. The number of hydrogen-bond acceptors (Lipinski definition) is 4. The molecule has 2 aromatic carbocycles. The van der Waals surface area contributed by atoms with Gasteiger partial charge >= 0.3 is 0 Å². The first-order valence-electron chi connectivity index (χ1n) is 7.80. The van der Waals surface area contributed by atoms with Gasteiger partial charge in [0, 0.05) is 22.2 Å². The molecule has 0 radical (unpaired) electrons. The van der Waals surface area contributed by atoms with Crippen molar-refractivity contribution in [3.05, 3.63) is 59.7 Å². The largest absolute Gasteiger partial charge is 0.507 e. The smallest absolute Gasteiger partial charge is 0.271 e. The molecule has 0 saturated carbocycles. The van der Waals surface area contributed by atoms with Crippen LogP contribution in [0.3, 0.4) is 0 Å². The maximum absolute atomic E-state index is 12.0. The molecular weight excluding hydrogens is 318 g/mol. The molecule has 0 bridgehead atoms. The minimum atomic E-state index is -0.492. The zero-order valence-electron chi connectivity index (χ0n) is 14.4. The van der Waals surface area contributed by atoms with Crippen LogP contribution in [-0.4, -0.2) is 23.1 Å². The van der Waals surface area contributed by atoms with Gasteiger partial charge in [0.2, 0.25) is 5.91 Å². The van der Waals surface area contributed by atoms with E-state index in [1.54, 1.807) is 42.5 Å². The number of nitrogens with one attached hydrogen (secondary N) is 2. The summed E-state index contributed by atoms with van der Waals surface area (Å²) in [7, 11) is 0. The van der Waals surface area contributed by atoms with E-state index in [0.29, 0.717) is 16.8 Å². The first-order chi connectivity index (χ1) is 11.8. The number of anilines is 1. The number of aromatic hydroxyl groups is 1. The monoisotopic (exact) mass is 339 g/mol. The Bertz CT molecular complexity index is 790. The third-order valence-electron chi connectivity index (χ3n) is 3.39. The van der Waals surface area contributed by atoms with Crippen molar-refractivity contribution in [1.82, 2.24) is 5.43 Å². The van der Waals surface area contributed by atoms with Gasteiger partial charge in [-0.3, -0.25) is 9.59 Å². The Labute approximate surface area is 146 Å². The molecule has 0 aromatic heterocycles. The molecule has 6 heteroatoms. The Hall–Kier alpha value is -3.15. The van der Waals surface area contributed by atoms with Gasteiger partial charge in [-0.2, -0.15) is 5.10 Å². The Kier molecular flexibility index (Phi) is 5.54. The summed E-state index contributed by atoms with van der Waals surface area (Å²) in [6.07, 6.45) is 1.37. The molecular formula is C19H21N3O3. The lowest BCUT2D eigenvalue weighted by molar-refractivity contribution is -0.123. The fourth-order valence-electron chi connectivity index (χ4n) is 1.85. The molecule has 2 amide bonds. The summed E-state index contributed by atoms with van der Waals surface area (Å²) < 4.78 is 0. The van der Waals surface area contributed by atoms with Crippen molar-refractivity contribution in [2.75, 3.05) is 5.32 Å². The molecule has 25 heavy (non-hydrogen) atoms. The average Bonchev–Trinajstić information content (AvgIpc) is 2.56. The van der Waals surface area contributed by atoms with Gasteiger partial charge in [-0.15, -0.1) is 0 Å². The zero-order chi connectivity index (χ0) is 18.4. The maximum atomic E-state index is 12.0. The van der Waals surface area contributed by atoms with Crippen LogP contribution in [-0.2, 0) is 4.79 Å². The number of hydrogen-bond donors (Lipinski definition) is 3. The molecule has 0 fully saturated rings. The fraction of sp³-hybridized carbons (Fsp3) is 0.211. The van der Waals surface area contributed by atoms with Crippen LogP contribution in [0.2, 0.25) is 0 Å². The van der Waals surface area contributed by atoms with Crippen molar-refractivity contribution < 1.29 is 14.7 Å². The second-order valence-corrected chi connectivity index (χ2v) is 6.54. The lowest BCUT2D eigenvalue weighted by Crippen LogP contribution is -2.27. The third-order valence-corrected chi connectivity index (χ3v) is 3.39. The molecule has 2 aromatic rings. The summed E-state index contributed by atoms with van der Waals surface area (Å²) >= 11 is 0. The van der Waals surface area contributed by atoms with E-state index >= 15 is 0 Å². The van der Waals surface area contributed by atoms with Crippen molar-refractivity contribution in [3.8, 4) is 5.75 Å². The zero-order valence-corrected chi connectivity index (χ0v) is 14.4. The molecule has 2 rings (SSSR count). The second-order valence-electron chi connectivity index (χ2n) is 6.54. The summed E-state index contributed by atoms with van der Waals surface area (Å²) in [5.41, 5.74) is 3.43. The van der Waals surface area contributed by atoms with Crippen LogP contribution in [0.1, 0.15) is 36.7 Å². The van der Waals surface area contributed by atoms with E-state index in [2.05, 4.69) is 15.8 Å². The van der Waals surface area contributed by atoms with Crippen LogP contribution in [0.5, 0.6) is 5.75 Å². The summed E-state index contributed by atoms with van der Waals surface area (Å²) in [5.74, 6) is -0.406. The molecule has 0 aliphatic carbocycles. The minimum Gasteiger partial charge on any atom is -0.507 e. The molecule has 130 valence electrons. The Morgan fingerprint density at radius 2 is 1.68 bits per heavy atom. The molecule has 0 atom stereocenters. The molecule has 0 aliphatic heterocycles. The molecule has 0 unspecified atom stereocenters. The Morgan fingerprint density at radius 1 is 1.04 bits per heavy atom. The number of phenolic OH excluding ortho intramolecular Hbond substituents is 1. The number of nitrogens with zero attached hydrogens (tertiary/aromatic N) is 1. The quantitative estimate of drug-likeness (QED) is 0.590. The third kappa shape index (κ3) is 5.17. The normalized spacial score (nSPS) is 11.3. The first kappa shape index (κ1) is 18.2. The predicted octanol–water partition coefficient (Wildman–Crippen LogP) is 3.14. The minimum absolute atomic E-state index is 0.0828. The summed E-state index contributed by atoms with van der Waals surface area (Å²) in [6, 6.07) is 13.2. The van der Waals surface area contributed by atoms with Gasteiger partial charge in [-0.05, 0) is 36.4 Å². The van der Waals surface area contributed by atoms with Crippen LogP contribution in [0.15, 0.2) is 53.6 Å². The van der Waals surface area contributed by atoms with E-state index in [-0.39, 0.29) is 17.6 Å². The van der Waals surface area contributed by atoms with E-state index in [1.807, 2.05) is 20.8 Å². The van der Waals surface area contributed by atoms with E-state index in [1.165, 1.54) is 12.3 Å². The molecule has 0 saturated heterocycles. The van der Waals surface area contributed by atoms with E-state index in [4.69, 9.17) is 0 Å². The van der Waals surface area contributed by atoms with Crippen LogP contribution >= 0.6 is 0 Å². The van der Waals surface area contributed by atoms with Crippen LogP contribution in [0.25, 0.3) is 0 Å². The highest BCUT2D eigenvalue weighted by Gasteiger charge is 2.21. The molecule has 3 N–H and O–H groups in total. The number of hydrazone groups is 1. The molecule has 6 nitrogen and oxygen atoms in total. The number of amides is 2. The molecule has 0 heterocycles. The second kappa shape index (κ2) is 7.61. The van der Waals surface area contributed by atoms with Gasteiger partial charge in [0.05, 0.1) is 6.21 Å². The van der Waals surface area contributed by atoms with Crippen molar-refractivity contribution in [2.45, 2.75) is 20.8 Å². The summed E-state index contributed by atoms with van der Waals surface area (Å²) in [5, 5.41) is 16.2. The number of rotatable bonds is 4. The Balaban J connectivity index is 1.96. The van der Waals surface area contributed by atoms with Gasteiger partial charge in [0.15, 0.2) is 0 Å². The Morgan fingerprint density at radius 3 is 2.28 bits per heavy atom. The number of para-hydroxylation sites is 1. The maximum Gasteiger partial charge on any atom is 0.271 e. The van der Waals surface area contributed by atoms with Crippen molar-refractivity contribution in [3.63, 3.8) is 0 Å². The van der Waals surface area contributed by atoms with E-state index in [0.717, 1.165) is 0 Å². The van der Waals surface area contributed by atoms with Crippen LogP contribution < -0.4 is 10.7 Å². The van der Waals surface area contributed by atoms with Crippen molar-refractivity contribution >= 4 is 23.7 Å². The fourth-order valence-corrected chi connectivity index (χ4v) is 1.85. The number of carbonyl (C=O) groups excluding carboxylic acids is 2. The van der Waals surface area contributed by atoms with Gasteiger partial charge in [-0.25, -0.2) is 5.43 Å². The van der Waals surface area contributed by atoms with Gasteiger partial charge in [0.1, 0.15) is 5.75 Å². The highest BCUT2D eigenvalue weighted by molar-refractivity contribution is 5.97. The lowest BCUT2D eigenvalue weighted by Gasteiger charge is -2.17. The van der Waals surface area contributed by atoms with Crippen LogP contribution in [0.4, 0.5) is 5.69 Å². The SMILES string of the molecule is CC(C)(C)C(=O)Nc1ccc(C(=O)N/N=C/c2ccccc2O)cc1. The summed E-state index contributed by atoms with van der Waals surface area (Å²) in [4.78, 5) is 24.0. The molecule has 0 aliphatic rings. The highest BCUT2D eigenvalue weighted by atomic mass is 16.3. The topological polar surface area (TPSA) is 90.8 Å². The van der Waals surface area contributed by atoms with Crippen LogP contribution in [0, 0.1) is 5.41 Å². The summed E-state index contributed by atoms with van der Waals surface area (Å²) in [6.45, 7) is 5.48. The number of carbonyl (C=O) groups is 2. The van der Waals surface area contributed by atoms with Crippen molar-refractivity contribution in [2.24, 2.45) is 10.5 Å². The highest BCUT2D eigenvalue weighted by Crippen LogP contribution is 2.18. The lowest BCUT2D eigenvalue weighted by atomic mass is 9.95. The molecule has 0 spiro atoms. The van der Waals surface area contributed by atoms with E-state index < -0.39 is 5.41 Å². The first-order valence-corrected chi connectivity index (χ1v) is 7.80. The average molecular weight is 339 g/mol. The standard InChI is InChI=1S/C19H21N3O3/c1-19(2,3)18(25)21-15-10-8-13(9-11-15)17(24)22-20-12-14-6-4-5-7-16(14)23/h4-12,23H,1-3H3,(H,21,25)(H,22,24)/b20-12+. The number of benzene rings is 2. The van der Waals surface area contributed by atoms with Crippen molar-refractivity contribution in [1.29, 1.82) is 0 Å². The van der Waals surface area contributed by atoms with Gasteiger partial charge in [-0.1, -0.05) is 32.9 Å².